The average molecular weight is 328 g/mol. The molecule has 2 nitrogen and oxygen atoms in total. The van der Waals surface area contributed by atoms with Gasteiger partial charge in [0.1, 0.15) is 0 Å². The molecule has 0 spiro atoms. The molecule has 3 rings (SSSR count). The van der Waals surface area contributed by atoms with E-state index in [-0.39, 0.29) is 21.7 Å². The van der Waals surface area contributed by atoms with Gasteiger partial charge in [-0.2, -0.15) is 0 Å². The third kappa shape index (κ3) is 2.53. The molecule has 0 saturated carbocycles. The topological polar surface area (TPSA) is 34.1 Å². The second-order valence-corrected chi connectivity index (χ2v) is 10.7. The van der Waals surface area contributed by atoms with Gasteiger partial charge < -0.3 is 0 Å². The number of hydrogen-bond donors (Lipinski definition) is 0. The van der Waals surface area contributed by atoms with Gasteiger partial charge >= 0.3 is 0 Å². The molecule has 24 heavy (non-hydrogen) atoms. The highest BCUT2D eigenvalue weighted by molar-refractivity contribution is 5.52. The Morgan fingerprint density at radius 3 is 0.792 bits per heavy atom. The predicted molar refractivity (Wildman–Crippen MR) is 101 cm³/mol. The van der Waals surface area contributed by atoms with Crippen molar-refractivity contribution in [3.05, 3.63) is 42.7 Å². The Balaban J connectivity index is 2.04. The van der Waals surface area contributed by atoms with Crippen LogP contribution in [0.2, 0.25) is 0 Å². The molecule has 1 aliphatic rings. The van der Waals surface area contributed by atoms with Gasteiger partial charge in [-0.1, -0.05) is 55.4 Å². The van der Waals surface area contributed by atoms with Crippen molar-refractivity contribution in [2.45, 2.75) is 103 Å². The van der Waals surface area contributed by atoms with Crippen LogP contribution >= 0.6 is 0 Å². The van der Waals surface area contributed by atoms with Crippen molar-refractivity contribution < 1.29 is 0 Å². The molecular formula is C22H32O2. The van der Waals surface area contributed by atoms with Crippen molar-refractivity contribution in [3.8, 4) is 0 Å². The zero-order chi connectivity index (χ0) is 18.3. The monoisotopic (exact) mass is 328 g/mol. The van der Waals surface area contributed by atoms with E-state index in [4.69, 9.17) is 0 Å². The van der Waals surface area contributed by atoms with Gasteiger partial charge in [-0.3, -0.25) is 9.59 Å². The lowest BCUT2D eigenvalue weighted by atomic mass is 9.71. The summed E-state index contributed by atoms with van der Waals surface area (Å²) in [5.41, 5.74) is 4.53. The molecule has 0 aliphatic heterocycles. The first-order valence-electron chi connectivity index (χ1n) is 9.32. The molecule has 0 unspecified atom stereocenters. The summed E-state index contributed by atoms with van der Waals surface area (Å²) in [6.45, 7) is 17.5. The Hall–Kier alpha value is -1.18. The molecule has 0 N–H and O–H groups in total. The Morgan fingerprint density at radius 2 is 0.625 bits per heavy atom. The fraction of sp³-hybridized carbons (Fsp3) is 0.727. The highest BCUT2D eigenvalue weighted by atomic mass is 16.1. The Kier molecular flexibility index (Phi) is 3.46. The molecule has 2 aromatic rings. The molecule has 0 saturated heterocycles. The highest BCUT2D eigenvalue weighted by Crippen LogP contribution is 2.48. The third-order valence-corrected chi connectivity index (χ3v) is 6.74. The van der Waals surface area contributed by atoms with Crippen LogP contribution in [0.5, 0.6) is 0 Å². The summed E-state index contributed by atoms with van der Waals surface area (Å²) in [6, 6.07) is 0. The van der Waals surface area contributed by atoms with Crippen LogP contribution in [0.4, 0.5) is 0 Å². The predicted octanol–water partition coefficient (Wildman–Crippen LogP) is 4.54. The minimum absolute atomic E-state index is 0.0890. The van der Waals surface area contributed by atoms with Crippen LogP contribution in [0.15, 0.2) is 9.59 Å². The third-order valence-electron chi connectivity index (χ3n) is 6.74. The van der Waals surface area contributed by atoms with Gasteiger partial charge in [-0.05, 0) is 47.3 Å². The number of fused-ring (bicyclic) bond motifs is 2. The van der Waals surface area contributed by atoms with Crippen LogP contribution in [0, 0.1) is 0 Å². The van der Waals surface area contributed by atoms with Gasteiger partial charge in [-0.15, -0.1) is 0 Å². The van der Waals surface area contributed by atoms with Gasteiger partial charge in [0.15, 0.2) is 10.9 Å². The van der Waals surface area contributed by atoms with Gasteiger partial charge in [-0.25, -0.2) is 0 Å². The smallest absolute Gasteiger partial charge is 0.186 e. The molecule has 1 aliphatic carbocycles. The van der Waals surface area contributed by atoms with Crippen molar-refractivity contribution >= 4 is 0 Å². The lowest BCUT2D eigenvalue weighted by molar-refractivity contribution is 0.352. The minimum atomic E-state index is -0.0890. The summed E-state index contributed by atoms with van der Waals surface area (Å²) in [6.07, 6.45) is 3.80. The summed E-state index contributed by atoms with van der Waals surface area (Å²) < 4.78 is 0. The quantitative estimate of drug-likeness (QED) is 0.711. The van der Waals surface area contributed by atoms with E-state index in [1.54, 1.807) is 0 Å². The first-order chi connectivity index (χ1) is 10.7. The van der Waals surface area contributed by atoms with E-state index < -0.39 is 0 Å². The fourth-order valence-corrected chi connectivity index (χ4v) is 4.67. The zero-order valence-electron chi connectivity index (χ0n) is 16.6. The first kappa shape index (κ1) is 17.6. The van der Waals surface area contributed by atoms with Gasteiger partial charge in [0.25, 0.3) is 0 Å². The average Bonchev–Trinajstić information content (AvgIpc) is 3.29. The summed E-state index contributed by atoms with van der Waals surface area (Å²) in [7, 11) is 0. The van der Waals surface area contributed by atoms with E-state index in [2.05, 4.69) is 55.4 Å². The zero-order valence-corrected chi connectivity index (χ0v) is 16.6. The second-order valence-electron chi connectivity index (χ2n) is 10.7. The normalized spacial score (nSPS) is 25.7. The van der Waals surface area contributed by atoms with Crippen molar-refractivity contribution in [1.82, 2.24) is 0 Å². The van der Waals surface area contributed by atoms with Crippen molar-refractivity contribution in [1.29, 1.82) is 0 Å². The maximum Gasteiger partial charge on any atom is 0.186 e. The van der Waals surface area contributed by atoms with E-state index in [0.717, 1.165) is 47.9 Å². The van der Waals surface area contributed by atoms with Crippen molar-refractivity contribution in [2.75, 3.05) is 0 Å². The van der Waals surface area contributed by atoms with E-state index in [1.165, 1.54) is 0 Å². The molecule has 0 amide bonds. The Labute approximate surface area is 146 Å². The fourth-order valence-electron chi connectivity index (χ4n) is 4.67. The molecule has 132 valence electrons. The maximum absolute atomic E-state index is 12.6. The van der Waals surface area contributed by atoms with Crippen LogP contribution < -0.4 is 10.9 Å². The van der Waals surface area contributed by atoms with Crippen molar-refractivity contribution in [3.63, 3.8) is 0 Å². The largest absolute Gasteiger partial charge is 0.289 e. The Bertz CT molecular complexity index is 677. The summed E-state index contributed by atoms with van der Waals surface area (Å²) in [4.78, 5) is 25.1. The van der Waals surface area contributed by atoms with Crippen molar-refractivity contribution in [2.24, 2.45) is 0 Å². The Morgan fingerprint density at radius 1 is 0.458 bits per heavy atom. The maximum atomic E-state index is 12.6. The van der Waals surface area contributed by atoms with Crippen LogP contribution in [0.3, 0.4) is 0 Å². The molecule has 0 radical (unpaired) electrons. The second kappa shape index (κ2) is 4.71. The van der Waals surface area contributed by atoms with E-state index in [9.17, 15) is 9.59 Å². The first-order valence-corrected chi connectivity index (χ1v) is 9.32. The highest BCUT2D eigenvalue weighted by Gasteiger charge is 2.48. The molecule has 0 fully saturated rings. The van der Waals surface area contributed by atoms with E-state index in [0.29, 0.717) is 10.9 Å². The van der Waals surface area contributed by atoms with Crippen LogP contribution in [-0.2, 0) is 21.7 Å². The lowest BCUT2D eigenvalue weighted by Crippen LogP contribution is -2.26. The van der Waals surface area contributed by atoms with Crippen LogP contribution in [0.1, 0.15) is 103 Å². The summed E-state index contributed by atoms with van der Waals surface area (Å²) >= 11 is 0. The van der Waals surface area contributed by atoms with Gasteiger partial charge in [0, 0.05) is 22.3 Å². The SMILES string of the molecule is CC1(C)CCC(C)(C)c2c(c2=O)C(C)(C)CCC(C)(C)c2c1c2=O. The number of hydrogen-bond acceptors (Lipinski definition) is 2. The van der Waals surface area contributed by atoms with E-state index >= 15 is 0 Å². The standard InChI is InChI=1S/C22H32O2/c1-19(2)9-10-20(3,4)15-16(18(15)24)22(7,8)12-11-21(5,6)14-13(19)17(14)23/h9-12H2,1-8H3. The molecule has 2 aromatic carbocycles. The van der Waals surface area contributed by atoms with E-state index in [1.807, 2.05) is 0 Å². The van der Waals surface area contributed by atoms with Gasteiger partial charge in [0.2, 0.25) is 0 Å². The number of rotatable bonds is 0. The van der Waals surface area contributed by atoms with Gasteiger partial charge in [0.05, 0.1) is 0 Å². The molecule has 0 atom stereocenters. The molecular weight excluding hydrogens is 296 g/mol. The molecule has 0 heterocycles. The summed E-state index contributed by atoms with van der Waals surface area (Å²) in [5, 5.41) is 0. The molecule has 2 heteroatoms. The minimum Gasteiger partial charge on any atom is -0.289 e. The molecule has 0 aromatic heterocycles. The summed E-state index contributed by atoms with van der Waals surface area (Å²) in [5.74, 6) is 0. The molecule has 0 bridgehead atoms. The van der Waals surface area contributed by atoms with Crippen LogP contribution in [0.25, 0.3) is 0 Å². The van der Waals surface area contributed by atoms with Crippen LogP contribution in [-0.4, -0.2) is 0 Å². The lowest BCUT2D eigenvalue weighted by Gasteiger charge is -2.32.